The number of rotatable bonds is 11. The SMILES string of the molecule is C1=CCN2C(=C1)N(c1ccccc1)C(c1ncncn1)=C2c1c2ccccc2c(-c2ccccc2)c2ccccc12.C1=CCN2C(=C1)N(c1ccccc1)C(c1ncncn1)=C2c1ccc2c3ccccc3c3ccccc3c2c1.CC1(C)c2ccccc2-c2cc3c(-c4ccccc4)c4ccccc4c(C4=C(c5ncncn5)N(c5ccccc5)C5=CC=CCN54)c3cc21. The van der Waals surface area contributed by atoms with Gasteiger partial charge in [0.1, 0.15) is 72.5 Å². The first-order chi connectivity index (χ1) is 64.4. The molecule has 15 heteroatoms. The Labute approximate surface area is 751 Å². The molecule has 0 bridgehead atoms. The molecule has 0 saturated heterocycles. The lowest BCUT2D eigenvalue weighted by Crippen LogP contribution is -2.27. The van der Waals surface area contributed by atoms with Crippen LogP contribution in [0.1, 0.15) is 59.1 Å². The number of benzene rings is 16. The van der Waals surface area contributed by atoms with Crippen molar-refractivity contribution >= 4 is 127 Å². The summed E-state index contributed by atoms with van der Waals surface area (Å²) in [4.78, 5) is 54.8. The van der Waals surface area contributed by atoms with Gasteiger partial charge < -0.3 is 14.7 Å². The van der Waals surface area contributed by atoms with Crippen LogP contribution in [0.5, 0.6) is 0 Å². The molecule has 19 aromatic rings. The van der Waals surface area contributed by atoms with Gasteiger partial charge in [-0.1, -0.05) is 323 Å². The van der Waals surface area contributed by atoms with Gasteiger partial charge in [0.2, 0.25) is 0 Å². The van der Waals surface area contributed by atoms with Gasteiger partial charge in [-0.2, -0.15) is 0 Å². The standard InChI is InChI=1S/C45H33N5.C36H25N5.C34H23N5/c1-45(2)37-22-12-11-19-31(37)34-25-35-36(26-38(34)45)41(33-21-10-9-20-32(33)40(35)29-15-5-3-6-16-29)42-43(44-47-27-46-28-48-44)50(30-17-7-4-8-18-30)39-23-13-14-24-49(39)42;1-3-13-25(14-4-1)32-27-17-7-9-19-29(27)33(30-20-10-8-18-28(30)32)34-35(36-38-23-37-24-39-36)41(26-15-5-2-6-16-26)31-21-11-12-22-40(31)34;1-2-10-24(11-3-1)39-31-16-8-9-19-38(31)32(33(39)34-36-21-35-22-37-34)23-17-18-29-27-14-5-4-12-25(27)26-13-6-7-15-28(26)30(29)20-23/h3-23,25-28H,24H2,1-2H3;1-21,23-24H,22H2;1-18,20-22H,19H2. The molecule has 0 radical (unpaired) electrons. The molecule has 6 aliphatic heterocycles. The predicted molar refractivity (Wildman–Crippen MR) is 529 cm³/mol. The molecule has 26 rings (SSSR count). The summed E-state index contributed by atoms with van der Waals surface area (Å²) in [5, 5.41) is 17.2. The Morgan fingerprint density at radius 1 is 0.231 bits per heavy atom. The van der Waals surface area contributed by atoms with Crippen molar-refractivity contribution in [2.75, 3.05) is 34.3 Å². The highest BCUT2D eigenvalue weighted by molar-refractivity contribution is 6.27. The number of anilines is 3. The molecule has 16 aromatic carbocycles. The summed E-state index contributed by atoms with van der Waals surface area (Å²) in [5.74, 6) is 5.13. The maximum Gasteiger partial charge on any atom is 0.181 e. The fraction of sp³-hybridized carbons (Fsp3) is 0.0522. The number of aromatic nitrogens is 9. The van der Waals surface area contributed by atoms with Crippen molar-refractivity contribution in [2.24, 2.45) is 0 Å². The average molecular weight is 1670 g/mol. The summed E-state index contributed by atoms with van der Waals surface area (Å²) in [6.07, 6.45) is 29.0. The van der Waals surface area contributed by atoms with Crippen molar-refractivity contribution in [1.82, 2.24) is 59.6 Å². The van der Waals surface area contributed by atoms with E-state index in [9.17, 15) is 0 Å². The molecule has 9 heterocycles. The van der Waals surface area contributed by atoms with E-state index in [1.165, 1.54) is 131 Å². The number of allylic oxidation sites excluding steroid dienone is 6. The molecule has 0 unspecified atom stereocenters. The summed E-state index contributed by atoms with van der Waals surface area (Å²) in [7, 11) is 0. The van der Waals surface area contributed by atoms with Crippen LogP contribution in [-0.4, -0.2) is 79.2 Å². The van der Waals surface area contributed by atoms with Crippen molar-refractivity contribution in [3.8, 4) is 33.4 Å². The van der Waals surface area contributed by atoms with E-state index >= 15 is 0 Å². The highest BCUT2D eigenvalue weighted by atomic mass is 15.4. The molecule has 7 aliphatic rings. The van der Waals surface area contributed by atoms with Gasteiger partial charge in [-0.05, 0) is 193 Å². The molecule has 0 spiro atoms. The molecular formula is C115H81N15. The van der Waals surface area contributed by atoms with Crippen LogP contribution < -0.4 is 14.7 Å². The van der Waals surface area contributed by atoms with Gasteiger partial charge in [-0.15, -0.1) is 0 Å². The van der Waals surface area contributed by atoms with Gasteiger partial charge in [0.15, 0.2) is 17.5 Å². The molecular weight excluding hydrogens is 1590 g/mol. The van der Waals surface area contributed by atoms with E-state index in [0.717, 1.165) is 93.9 Å². The van der Waals surface area contributed by atoms with Crippen LogP contribution in [0, 0.1) is 0 Å². The second kappa shape index (κ2) is 31.8. The second-order valence-electron chi connectivity index (χ2n) is 33.5. The summed E-state index contributed by atoms with van der Waals surface area (Å²) in [6, 6.07) is 118. The van der Waals surface area contributed by atoms with Crippen molar-refractivity contribution in [2.45, 2.75) is 19.3 Å². The molecule has 0 fully saturated rings. The minimum absolute atomic E-state index is 0.161. The lowest BCUT2D eigenvalue weighted by molar-refractivity contribution is 0.546. The lowest BCUT2D eigenvalue weighted by atomic mass is 9.80. The van der Waals surface area contributed by atoms with Crippen molar-refractivity contribution < 1.29 is 0 Å². The first-order valence-electron chi connectivity index (χ1n) is 44.0. The molecule has 3 aromatic heterocycles. The number of fused-ring (bicyclic) bond motifs is 16. The molecule has 616 valence electrons. The van der Waals surface area contributed by atoms with Crippen LogP contribution in [0.15, 0.2) is 438 Å². The van der Waals surface area contributed by atoms with E-state index in [2.05, 4.69) is 438 Å². The van der Waals surface area contributed by atoms with E-state index in [1.807, 2.05) is 12.1 Å². The Kier molecular flexibility index (Phi) is 18.7. The number of para-hydroxylation sites is 3. The Morgan fingerprint density at radius 2 is 0.538 bits per heavy atom. The highest BCUT2D eigenvalue weighted by Gasteiger charge is 2.45. The van der Waals surface area contributed by atoms with Gasteiger partial charge in [-0.3, -0.25) is 14.7 Å². The number of hydrogen-bond donors (Lipinski definition) is 0. The van der Waals surface area contributed by atoms with Crippen LogP contribution in [0.4, 0.5) is 17.1 Å². The van der Waals surface area contributed by atoms with Gasteiger partial charge in [-0.25, -0.2) is 44.9 Å². The normalized spacial score (nSPS) is 15.1. The summed E-state index contributed by atoms with van der Waals surface area (Å²) in [5.41, 5.74) is 22.8. The number of hydrogen-bond acceptors (Lipinski definition) is 15. The van der Waals surface area contributed by atoms with E-state index in [0.29, 0.717) is 17.5 Å². The Hall–Kier alpha value is -17.2. The molecule has 0 amide bonds. The van der Waals surface area contributed by atoms with Crippen LogP contribution in [-0.2, 0) is 5.41 Å². The fourth-order valence-electron chi connectivity index (χ4n) is 20.7. The lowest BCUT2D eigenvalue weighted by Gasteiger charge is -2.29. The largest absolute Gasteiger partial charge is 0.321 e. The van der Waals surface area contributed by atoms with E-state index in [1.54, 1.807) is 38.0 Å². The summed E-state index contributed by atoms with van der Waals surface area (Å²) < 4.78 is 0. The molecule has 0 saturated carbocycles. The number of nitrogens with zero attached hydrogens (tertiary/aromatic N) is 15. The molecule has 15 nitrogen and oxygen atoms in total. The van der Waals surface area contributed by atoms with Gasteiger partial charge in [0, 0.05) is 58.8 Å². The first kappa shape index (κ1) is 76.5. The van der Waals surface area contributed by atoms with Crippen molar-refractivity contribution in [3.63, 3.8) is 0 Å². The zero-order valence-electron chi connectivity index (χ0n) is 71.2. The van der Waals surface area contributed by atoms with Gasteiger partial charge >= 0.3 is 0 Å². The zero-order chi connectivity index (χ0) is 86.3. The maximum absolute atomic E-state index is 4.81. The van der Waals surface area contributed by atoms with Gasteiger partial charge in [0.25, 0.3) is 0 Å². The minimum atomic E-state index is -0.161. The minimum Gasteiger partial charge on any atom is -0.321 e. The molecule has 0 N–H and O–H groups in total. The zero-order valence-corrected chi connectivity index (χ0v) is 71.2. The molecule has 1 aliphatic carbocycles. The first-order valence-corrected chi connectivity index (χ1v) is 44.0. The predicted octanol–water partition coefficient (Wildman–Crippen LogP) is 25.5. The van der Waals surface area contributed by atoms with E-state index in [4.69, 9.17) is 19.9 Å². The monoisotopic (exact) mass is 1670 g/mol. The summed E-state index contributed by atoms with van der Waals surface area (Å²) in [6.45, 7) is 6.94. The van der Waals surface area contributed by atoms with Crippen LogP contribution in [0.25, 0.3) is 143 Å². The van der Waals surface area contributed by atoms with Crippen molar-refractivity contribution in [1.29, 1.82) is 0 Å². The molecule has 130 heavy (non-hydrogen) atoms. The van der Waals surface area contributed by atoms with Gasteiger partial charge in [0.05, 0.1) is 17.1 Å². The van der Waals surface area contributed by atoms with Crippen LogP contribution >= 0.6 is 0 Å². The van der Waals surface area contributed by atoms with E-state index < -0.39 is 0 Å². The quantitative estimate of drug-likeness (QED) is 0.0897. The third-order valence-corrected chi connectivity index (χ3v) is 26.1. The summed E-state index contributed by atoms with van der Waals surface area (Å²) >= 11 is 0. The molecule has 0 atom stereocenters. The fourth-order valence-corrected chi connectivity index (χ4v) is 20.7. The Bertz CT molecular complexity index is 8000. The Morgan fingerprint density at radius 3 is 0.946 bits per heavy atom. The smallest absolute Gasteiger partial charge is 0.181 e. The van der Waals surface area contributed by atoms with Crippen LogP contribution in [0.2, 0.25) is 0 Å². The Balaban J connectivity index is 0.000000109. The third kappa shape index (κ3) is 12.5. The maximum atomic E-state index is 4.81. The van der Waals surface area contributed by atoms with Crippen molar-refractivity contribution in [3.05, 3.63) is 483 Å². The second-order valence-corrected chi connectivity index (χ2v) is 33.5. The highest BCUT2D eigenvalue weighted by Crippen LogP contribution is 2.58. The topological polar surface area (TPSA) is 135 Å². The van der Waals surface area contributed by atoms with Crippen LogP contribution in [0.3, 0.4) is 0 Å². The third-order valence-electron chi connectivity index (χ3n) is 26.1. The van der Waals surface area contributed by atoms with E-state index in [-0.39, 0.29) is 5.41 Å². The average Bonchev–Trinajstić information content (AvgIpc) is 1.51.